The molecule has 3 heteroatoms. The molecule has 0 atom stereocenters. The molecule has 76 valence electrons. The molecule has 0 radical (unpaired) electrons. The smallest absolute Gasteiger partial charge is 0.185 e. The van der Waals surface area contributed by atoms with E-state index in [-0.39, 0.29) is 0 Å². The number of hydroxylamine groups is 2. The third kappa shape index (κ3) is 1.99. The van der Waals surface area contributed by atoms with Gasteiger partial charge in [0.1, 0.15) is 0 Å². The SMILES string of the molecule is CC.CN1C=Cc2cccc(N)c2O1. The Hall–Kier alpha value is -1.64. The predicted octanol–water partition coefficient (Wildman–Crippen LogP) is 2.50. The molecule has 14 heavy (non-hydrogen) atoms. The van der Waals surface area contributed by atoms with Crippen molar-refractivity contribution in [2.75, 3.05) is 12.8 Å². The topological polar surface area (TPSA) is 38.5 Å². The minimum atomic E-state index is 0.670. The number of nitrogen functional groups attached to an aromatic ring is 1. The molecule has 2 N–H and O–H groups in total. The highest BCUT2D eigenvalue weighted by molar-refractivity contribution is 5.68. The zero-order valence-electron chi connectivity index (χ0n) is 8.82. The van der Waals surface area contributed by atoms with Gasteiger partial charge in [0.05, 0.1) is 5.69 Å². The van der Waals surface area contributed by atoms with Gasteiger partial charge in [-0.25, -0.2) is 5.06 Å². The first-order valence-corrected chi connectivity index (χ1v) is 4.75. The molecule has 0 fully saturated rings. The first-order chi connectivity index (χ1) is 6.77. The highest BCUT2D eigenvalue weighted by Crippen LogP contribution is 2.30. The van der Waals surface area contributed by atoms with E-state index in [9.17, 15) is 0 Å². The van der Waals surface area contributed by atoms with Gasteiger partial charge in [0.25, 0.3) is 0 Å². The van der Waals surface area contributed by atoms with E-state index in [0.29, 0.717) is 5.69 Å². The highest BCUT2D eigenvalue weighted by Gasteiger charge is 2.10. The van der Waals surface area contributed by atoms with Crippen molar-refractivity contribution in [2.45, 2.75) is 13.8 Å². The van der Waals surface area contributed by atoms with Crippen molar-refractivity contribution in [1.29, 1.82) is 0 Å². The summed E-state index contributed by atoms with van der Waals surface area (Å²) in [4.78, 5) is 5.38. The second-order valence-electron chi connectivity index (χ2n) is 2.72. The quantitative estimate of drug-likeness (QED) is 0.642. The maximum Gasteiger partial charge on any atom is 0.185 e. The summed E-state index contributed by atoms with van der Waals surface area (Å²) in [5, 5.41) is 1.62. The van der Waals surface area contributed by atoms with Crippen LogP contribution in [0.1, 0.15) is 19.4 Å². The Morgan fingerprint density at radius 1 is 1.29 bits per heavy atom. The van der Waals surface area contributed by atoms with E-state index in [1.165, 1.54) is 0 Å². The zero-order chi connectivity index (χ0) is 10.6. The molecule has 0 aliphatic carbocycles. The maximum atomic E-state index is 5.72. The number of para-hydroxylation sites is 1. The van der Waals surface area contributed by atoms with E-state index in [4.69, 9.17) is 10.6 Å². The van der Waals surface area contributed by atoms with E-state index >= 15 is 0 Å². The monoisotopic (exact) mass is 192 g/mol. The number of nitrogens with two attached hydrogens (primary N) is 1. The van der Waals surface area contributed by atoms with E-state index in [2.05, 4.69) is 0 Å². The molecule has 1 aromatic carbocycles. The molecule has 0 bridgehead atoms. The molecule has 1 aromatic rings. The van der Waals surface area contributed by atoms with Crippen LogP contribution in [0, 0.1) is 0 Å². The average Bonchev–Trinajstić information content (AvgIpc) is 2.22. The van der Waals surface area contributed by atoms with Crippen molar-refractivity contribution in [3.8, 4) is 5.75 Å². The van der Waals surface area contributed by atoms with Crippen LogP contribution >= 0.6 is 0 Å². The lowest BCUT2D eigenvalue weighted by atomic mass is 10.1. The van der Waals surface area contributed by atoms with Gasteiger partial charge >= 0.3 is 0 Å². The average molecular weight is 192 g/mol. The number of hydrogen-bond acceptors (Lipinski definition) is 3. The molecule has 1 heterocycles. The summed E-state index contributed by atoms with van der Waals surface area (Å²) in [7, 11) is 1.83. The van der Waals surface area contributed by atoms with Gasteiger partial charge in [-0.15, -0.1) is 0 Å². The standard InChI is InChI=1S/C9H10N2O.C2H6/c1-11-6-5-7-3-2-4-8(10)9(7)12-11;1-2/h2-6H,10H2,1H3;1-2H3. The van der Waals surface area contributed by atoms with Crippen molar-refractivity contribution >= 4 is 11.8 Å². The Morgan fingerprint density at radius 3 is 2.71 bits per heavy atom. The Balaban J connectivity index is 0.000000461. The molecule has 0 spiro atoms. The number of nitrogens with zero attached hydrogens (tertiary/aromatic N) is 1. The fourth-order valence-electron chi connectivity index (χ4n) is 1.17. The van der Waals surface area contributed by atoms with Gasteiger partial charge in [0, 0.05) is 18.8 Å². The molecular formula is C11H16N2O. The number of fused-ring (bicyclic) bond motifs is 1. The molecule has 2 rings (SSSR count). The van der Waals surface area contributed by atoms with Crippen molar-refractivity contribution in [3.63, 3.8) is 0 Å². The van der Waals surface area contributed by atoms with Crippen molar-refractivity contribution in [2.24, 2.45) is 0 Å². The predicted molar refractivity (Wildman–Crippen MR) is 59.6 cm³/mol. The number of hydrogen-bond donors (Lipinski definition) is 1. The normalized spacial score (nSPS) is 12.4. The minimum Gasteiger partial charge on any atom is -0.396 e. The summed E-state index contributed by atoms with van der Waals surface area (Å²) in [6.45, 7) is 4.00. The van der Waals surface area contributed by atoms with Crippen molar-refractivity contribution in [3.05, 3.63) is 30.0 Å². The van der Waals surface area contributed by atoms with E-state index < -0.39 is 0 Å². The second-order valence-corrected chi connectivity index (χ2v) is 2.72. The number of anilines is 1. The summed E-state index contributed by atoms with van der Waals surface area (Å²) < 4.78 is 0. The van der Waals surface area contributed by atoms with Gasteiger partial charge in [0.15, 0.2) is 5.75 Å². The number of benzene rings is 1. The van der Waals surface area contributed by atoms with Gasteiger partial charge in [-0.2, -0.15) is 0 Å². The zero-order valence-corrected chi connectivity index (χ0v) is 8.82. The van der Waals surface area contributed by atoms with Crippen molar-refractivity contribution < 1.29 is 4.84 Å². The molecule has 1 aliphatic rings. The highest BCUT2D eigenvalue weighted by atomic mass is 16.7. The van der Waals surface area contributed by atoms with E-state index in [1.54, 1.807) is 5.06 Å². The van der Waals surface area contributed by atoms with Crippen LogP contribution in [0.3, 0.4) is 0 Å². The summed E-state index contributed by atoms with van der Waals surface area (Å²) in [6, 6.07) is 5.70. The van der Waals surface area contributed by atoms with Crippen LogP contribution in [-0.2, 0) is 0 Å². The maximum absolute atomic E-state index is 5.72. The molecule has 0 saturated heterocycles. The van der Waals surface area contributed by atoms with Crippen molar-refractivity contribution in [1.82, 2.24) is 5.06 Å². The Kier molecular flexibility index (Phi) is 3.40. The summed E-state index contributed by atoms with van der Waals surface area (Å²) in [6.07, 6.45) is 3.82. The van der Waals surface area contributed by atoms with Gasteiger partial charge in [-0.1, -0.05) is 26.0 Å². The van der Waals surface area contributed by atoms with E-state index in [1.807, 2.05) is 51.4 Å². The minimum absolute atomic E-state index is 0.670. The van der Waals surface area contributed by atoms with Crippen LogP contribution in [0.5, 0.6) is 5.75 Å². The molecule has 0 aromatic heterocycles. The number of rotatable bonds is 0. The molecule has 1 aliphatic heterocycles. The molecule has 0 saturated carbocycles. The van der Waals surface area contributed by atoms with Gasteiger partial charge in [-0.3, -0.25) is 0 Å². The van der Waals surface area contributed by atoms with Gasteiger partial charge in [0.2, 0.25) is 0 Å². The van der Waals surface area contributed by atoms with Gasteiger partial charge < -0.3 is 10.6 Å². The molecule has 0 amide bonds. The van der Waals surface area contributed by atoms with Crippen LogP contribution in [0.25, 0.3) is 6.08 Å². The van der Waals surface area contributed by atoms with Crippen LogP contribution in [0.15, 0.2) is 24.4 Å². The molecule has 0 unspecified atom stereocenters. The van der Waals surface area contributed by atoms with Crippen LogP contribution < -0.4 is 10.6 Å². The first-order valence-electron chi connectivity index (χ1n) is 4.75. The van der Waals surface area contributed by atoms with Crippen LogP contribution in [-0.4, -0.2) is 12.1 Å². The Labute approximate surface area is 84.7 Å². The Morgan fingerprint density at radius 2 is 2.00 bits per heavy atom. The third-order valence-electron chi connectivity index (χ3n) is 1.78. The lowest BCUT2D eigenvalue weighted by Crippen LogP contribution is -2.19. The Bertz CT molecular complexity index is 334. The summed E-state index contributed by atoms with van der Waals surface area (Å²) in [5.74, 6) is 0.738. The van der Waals surface area contributed by atoms with Crippen LogP contribution in [0.4, 0.5) is 5.69 Å². The van der Waals surface area contributed by atoms with Crippen LogP contribution in [0.2, 0.25) is 0 Å². The summed E-state index contributed by atoms with van der Waals surface area (Å²) in [5.41, 5.74) is 7.41. The van der Waals surface area contributed by atoms with E-state index in [0.717, 1.165) is 11.3 Å². The largest absolute Gasteiger partial charge is 0.396 e. The fourth-order valence-corrected chi connectivity index (χ4v) is 1.17. The first kappa shape index (κ1) is 10.4. The summed E-state index contributed by atoms with van der Waals surface area (Å²) >= 11 is 0. The van der Waals surface area contributed by atoms with Gasteiger partial charge in [-0.05, 0) is 12.1 Å². The lowest BCUT2D eigenvalue weighted by Gasteiger charge is -2.21. The molecule has 3 nitrogen and oxygen atoms in total. The third-order valence-corrected chi connectivity index (χ3v) is 1.78. The lowest BCUT2D eigenvalue weighted by molar-refractivity contribution is 0.0198. The fraction of sp³-hybridized carbons (Fsp3) is 0.273. The second kappa shape index (κ2) is 4.56. The molecular weight excluding hydrogens is 176 g/mol.